The summed E-state index contributed by atoms with van der Waals surface area (Å²) in [7, 11) is 13.0. The summed E-state index contributed by atoms with van der Waals surface area (Å²) < 4.78 is 1.33. The zero-order chi connectivity index (χ0) is 20.0. The molecule has 0 aliphatic heterocycles. The van der Waals surface area contributed by atoms with Gasteiger partial charge in [-0.25, -0.2) is 0 Å². The van der Waals surface area contributed by atoms with Crippen LogP contribution in [0.1, 0.15) is 34.6 Å². The van der Waals surface area contributed by atoms with Crippen molar-refractivity contribution in [2.45, 2.75) is 47.7 Å². The molecule has 0 spiro atoms. The van der Waals surface area contributed by atoms with Gasteiger partial charge in [-0.15, -0.1) is 0 Å². The van der Waals surface area contributed by atoms with Crippen LogP contribution < -0.4 is 0 Å². The number of allylic oxidation sites excluding steroid dienone is 12. The summed E-state index contributed by atoms with van der Waals surface area (Å²) in [5, 5.41) is 1.59. The van der Waals surface area contributed by atoms with Crippen LogP contribution in [-0.4, -0.2) is 13.6 Å². The maximum atomic E-state index is 6.78. The first kappa shape index (κ1) is 21.7. The number of hydrogen-bond acceptors (Lipinski definition) is 0. The molecule has 0 aromatic carbocycles. The maximum absolute atomic E-state index is 6.78. The molecule has 0 nitrogen and oxygen atoms in total. The summed E-state index contributed by atoms with van der Waals surface area (Å²) in [4.78, 5) is 0. The fourth-order valence-electron chi connectivity index (χ4n) is 4.78. The summed E-state index contributed by atoms with van der Waals surface area (Å²) in [6, 6.07) is 0. The zero-order valence-electron chi connectivity index (χ0n) is 17.4. The van der Waals surface area contributed by atoms with Crippen LogP contribution in [-0.2, 0) is 19.1 Å². The Kier molecular flexibility index (Phi) is 6.73. The summed E-state index contributed by atoms with van der Waals surface area (Å²) in [6.07, 6.45) is 11.5. The predicted octanol–water partition coefficient (Wildman–Crippen LogP) is 7.30. The molecule has 0 aromatic heterocycles. The third kappa shape index (κ3) is 3.77. The van der Waals surface area contributed by atoms with E-state index >= 15 is 0 Å². The standard InChI is InChI=1S/C23H29Si.2ClH.Hf/c1-14(2)19-13-18-9-8-10-20(24(6)7)17(5)22(18)23(19)21-15(3)11-12-16(21)4;;;/h8-12,14-15,17H,1-7H3;2*1H;/q;;;+2/p-2. The van der Waals surface area contributed by atoms with Crippen molar-refractivity contribution in [2.75, 3.05) is 0 Å². The van der Waals surface area contributed by atoms with Crippen molar-refractivity contribution in [1.82, 2.24) is 0 Å². The van der Waals surface area contributed by atoms with Crippen LogP contribution in [0.3, 0.4) is 0 Å². The fraction of sp³-hybridized carbons (Fsp3) is 0.435. The van der Waals surface area contributed by atoms with Gasteiger partial charge in [-0.2, -0.15) is 0 Å². The molecule has 3 aliphatic carbocycles. The molecule has 3 aliphatic rings. The topological polar surface area (TPSA) is 0 Å². The Morgan fingerprint density at radius 1 is 1.07 bits per heavy atom. The zero-order valence-corrected chi connectivity index (χ0v) is 23.5. The van der Waals surface area contributed by atoms with Gasteiger partial charge in [0.25, 0.3) is 0 Å². The molecular formula is C23H29Cl2HfSi. The number of rotatable bonds is 3. The van der Waals surface area contributed by atoms with Crippen LogP contribution in [0.5, 0.6) is 0 Å². The molecule has 0 bridgehead atoms. The van der Waals surface area contributed by atoms with Crippen molar-refractivity contribution >= 4 is 30.7 Å². The molecule has 2 atom stereocenters. The van der Waals surface area contributed by atoms with E-state index in [9.17, 15) is 0 Å². The van der Waals surface area contributed by atoms with E-state index in [1.807, 2.05) is 0 Å². The van der Waals surface area contributed by atoms with E-state index in [0.29, 0.717) is 17.8 Å². The molecule has 27 heavy (non-hydrogen) atoms. The van der Waals surface area contributed by atoms with E-state index in [4.69, 9.17) is 17.2 Å². The minimum atomic E-state index is -2.81. The van der Waals surface area contributed by atoms with E-state index in [1.165, 1.54) is 36.8 Å². The van der Waals surface area contributed by atoms with Crippen molar-refractivity contribution in [3.63, 3.8) is 0 Å². The van der Waals surface area contributed by atoms with Gasteiger partial charge in [0.1, 0.15) is 0 Å². The summed E-state index contributed by atoms with van der Waals surface area (Å²) in [5.41, 5.74) is 8.64. The number of hydrogen-bond donors (Lipinski definition) is 0. The van der Waals surface area contributed by atoms with E-state index in [1.54, 1.807) is 5.17 Å². The van der Waals surface area contributed by atoms with Crippen molar-refractivity contribution in [1.29, 1.82) is 0 Å². The van der Waals surface area contributed by atoms with Gasteiger partial charge >= 0.3 is 182 Å². The van der Waals surface area contributed by atoms with Gasteiger partial charge in [0.05, 0.1) is 0 Å². The second-order valence-corrected chi connectivity index (χ2v) is 22.4. The van der Waals surface area contributed by atoms with Crippen molar-refractivity contribution in [2.24, 2.45) is 17.8 Å². The molecule has 0 heterocycles. The fourth-order valence-corrected chi connectivity index (χ4v) is 13.3. The first-order valence-corrected chi connectivity index (χ1v) is 23.0. The first-order valence-electron chi connectivity index (χ1n) is 9.79. The Morgan fingerprint density at radius 3 is 2.22 bits per heavy atom. The van der Waals surface area contributed by atoms with E-state index in [0.717, 1.165) is 0 Å². The summed E-state index contributed by atoms with van der Waals surface area (Å²) >= 11 is -2.81. The first-order chi connectivity index (χ1) is 12.7. The Labute approximate surface area is 181 Å². The second kappa shape index (κ2) is 8.38. The quantitative estimate of drug-likeness (QED) is 0.307. The van der Waals surface area contributed by atoms with Crippen molar-refractivity contribution in [3.05, 3.63) is 67.1 Å². The average molecular weight is 583 g/mol. The van der Waals surface area contributed by atoms with Gasteiger partial charge < -0.3 is 0 Å². The van der Waals surface area contributed by atoms with Gasteiger partial charge in [0.15, 0.2) is 0 Å². The van der Waals surface area contributed by atoms with Gasteiger partial charge in [0.2, 0.25) is 0 Å². The Morgan fingerprint density at radius 2 is 1.74 bits per heavy atom. The van der Waals surface area contributed by atoms with Gasteiger partial charge in [0, 0.05) is 0 Å². The van der Waals surface area contributed by atoms with Crippen LogP contribution in [0.25, 0.3) is 0 Å². The molecule has 0 saturated carbocycles. The Balaban J connectivity index is 2.40. The van der Waals surface area contributed by atoms with Crippen molar-refractivity contribution < 1.29 is 19.1 Å². The molecule has 0 N–H and O–H groups in total. The van der Waals surface area contributed by atoms with Crippen LogP contribution in [0.15, 0.2) is 67.1 Å². The summed E-state index contributed by atoms with van der Waals surface area (Å²) in [5.74, 6) is 1.29. The SMILES string of the molecule is CC1=C(C2=C3C(=CC=CC(=[Si](C)C)C3C)[C]([Hf]([Cl])[Cl])=C2C(C)C)C(C)C=C1. The third-order valence-electron chi connectivity index (χ3n) is 5.93. The van der Waals surface area contributed by atoms with Crippen LogP contribution in [0.4, 0.5) is 0 Å². The molecule has 2 unspecified atom stereocenters. The second-order valence-electron chi connectivity index (χ2n) is 8.35. The molecule has 3 rings (SSSR count). The molecule has 0 amide bonds. The predicted molar refractivity (Wildman–Crippen MR) is 120 cm³/mol. The van der Waals surface area contributed by atoms with Gasteiger partial charge in [-0.1, -0.05) is 0 Å². The number of fused-ring (bicyclic) bond motifs is 1. The Bertz CT molecular complexity index is 887. The van der Waals surface area contributed by atoms with Crippen LogP contribution in [0.2, 0.25) is 13.1 Å². The van der Waals surface area contributed by atoms with Crippen LogP contribution >= 0.6 is 17.2 Å². The third-order valence-corrected chi connectivity index (χ3v) is 14.1. The molecule has 0 radical (unpaired) electrons. The molecular weight excluding hydrogens is 554 g/mol. The van der Waals surface area contributed by atoms with E-state index < -0.39 is 27.5 Å². The van der Waals surface area contributed by atoms with E-state index in [-0.39, 0.29) is 0 Å². The summed E-state index contributed by atoms with van der Waals surface area (Å²) in [6.45, 7) is 16.4. The van der Waals surface area contributed by atoms with Crippen LogP contribution in [0, 0.1) is 17.8 Å². The normalized spacial score (nSPS) is 25.0. The van der Waals surface area contributed by atoms with E-state index in [2.05, 4.69) is 78.1 Å². The Hall–Kier alpha value is -0.0230. The molecule has 0 fully saturated rings. The van der Waals surface area contributed by atoms with Crippen molar-refractivity contribution in [3.8, 4) is 0 Å². The average Bonchev–Trinajstić information content (AvgIpc) is 3.01. The minimum absolute atomic E-state index is 0.423. The van der Waals surface area contributed by atoms with Gasteiger partial charge in [-0.3, -0.25) is 0 Å². The molecule has 143 valence electrons. The van der Waals surface area contributed by atoms with Gasteiger partial charge in [-0.05, 0) is 0 Å². The monoisotopic (exact) mass is 583 g/mol. The molecule has 4 heteroatoms. The molecule has 0 saturated heterocycles. The number of halogens is 2. The molecule has 0 aromatic rings.